The summed E-state index contributed by atoms with van der Waals surface area (Å²) in [5.74, 6) is 0.386. The molecule has 1 aromatic rings. The summed E-state index contributed by atoms with van der Waals surface area (Å²) in [7, 11) is 3.93. The number of likely N-dealkylation sites (N-methyl/N-ethyl adjacent to an activating group) is 1. The molecule has 1 aliphatic heterocycles. The number of nitrogens with one attached hydrogen (secondary N) is 1. The number of rotatable bonds is 7. The van der Waals surface area contributed by atoms with Gasteiger partial charge in [-0.3, -0.25) is 9.59 Å². The van der Waals surface area contributed by atoms with Gasteiger partial charge in [-0.1, -0.05) is 23.2 Å². The molecule has 2 amide bonds. The van der Waals surface area contributed by atoms with Crippen LogP contribution >= 0.6 is 35.0 Å². The predicted molar refractivity (Wildman–Crippen MR) is 114 cm³/mol. The molecule has 1 aromatic carbocycles. The van der Waals surface area contributed by atoms with Crippen molar-refractivity contribution < 1.29 is 9.59 Å². The van der Waals surface area contributed by atoms with Crippen LogP contribution < -0.4 is 5.32 Å². The van der Waals surface area contributed by atoms with E-state index in [0.717, 1.165) is 31.7 Å². The molecule has 0 bridgehead atoms. The molecule has 0 radical (unpaired) electrons. The Hall–Kier alpha value is -0.950. The van der Waals surface area contributed by atoms with Crippen LogP contribution in [0.2, 0.25) is 10.0 Å². The molecule has 1 N–H and O–H groups in total. The van der Waals surface area contributed by atoms with Gasteiger partial charge >= 0.3 is 0 Å². The fraction of sp³-hybridized carbons (Fsp3) is 0.579. The molecular weight excluding hydrogens is 405 g/mol. The second-order valence-corrected chi connectivity index (χ2v) is 8.74. The SMILES string of the molecule is CSCCC(NC(=O)c1ccc(Cl)cc1Cl)C(=O)N(C)C1CCN(C)CC1. The van der Waals surface area contributed by atoms with Gasteiger partial charge in [0.05, 0.1) is 10.6 Å². The molecule has 1 heterocycles. The van der Waals surface area contributed by atoms with E-state index in [2.05, 4.69) is 17.3 Å². The topological polar surface area (TPSA) is 52.7 Å². The zero-order valence-corrected chi connectivity index (χ0v) is 18.3. The van der Waals surface area contributed by atoms with Gasteiger partial charge in [0, 0.05) is 18.1 Å². The number of likely N-dealkylation sites (tertiary alicyclic amines) is 1. The molecule has 1 unspecified atom stereocenters. The van der Waals surface area contributed by atoms with Crippen molar-refractivity contribution in [3.8, 4) is 0 Å². The van der Waals surface area contributed by atoms with Crippen LogP contribution in [0.4, 0.5) is 0 Å². The second kappa shape index (κ2) is 10.6. The first-order valence-corrected chi connectivity index (χ1v) is 11.2. The van der Waals surface area contributed by atoms with Crippen molar-refractivity contribution in [2.24, 2.45) is 0 Å². The Morgan fingerprint density at radius 3 is 2.59 bits per heavy atom. The Balaban J connectivity index is 2.08. The van der Waals surface area contributed by atoms with Gasteiger partial charge in [-0.25, -0.2) is 0 Å². The van der Waals surface area contributed by atoms with Crippen molar-refractivity contribution in [2.45, 2.75) is 31.3 Å². The molecule has 1 saturated heterocycles. The molecule has 0 aromatic heterocycles. The fourth-order valence-electron chi connectivity index (χ4n) is 3.21. The molecule has 2 rings (SSSR count). The first-order chi connectivity index (χ1) is 12.8. The number of benzene rings is 1. The van der Waals surface area contributed by atoms with Crippen LogP contribution in [0.3, 0.4) is 0 Å². The molecule has 27 heavy (non-hydrogen) atoms. The highest BCUT2D eigenvalue weighted by Crippen LogP contribution is 2.22. The lowest BCUT2D eigenvalue weighted by Gasteiger charge is -2.36. The molecule has 0 aliphatic carbocycles. The summed E-state index contributed by atoms with van der Waals surface area (Å²) < 4.78 is 0. The van der Waals surface area contributed by atoms with Crippen molar-refractivity contribution in [1.82, 2.24) is 15.1 Å². The van der Waals surface area contributed by atoms with Gasteiger partial charge in [-0.05, 0) is 69.6 Å². The van der Waals surface area contributed by atoms with Gasteiger partial charge < -0.3 is 15.1 Å². The van der Waals surface area contributed by atoms with Crippen LogP contribution in [0.15, 0.2) is 18.2 Å². The van der Waals surface area contributed by atoms with Crippen LogP contribution in [0.1, 0.15) is 29.6 Å². The zero-order chi connectivity index (χ0) is 20.0. The Morgan fingerprint density at radius 1 is 1.33 bits per heavy atom. The standard InChI is InChI=1S/C19H27Cl2N3O2S/c1-23-9-6-14(7-10-23)24(2)19(26)17(8-11-27-3)22-18(25)15-5-4-13(20)12-16(15)21/h4-5,12,14,17H,6-11H2,1-3H3,(H,22,25). The minimum absolute atomic E-state index is 0.0444. The van der Waals surface area contributed by atoms with Crippen molar-refractivity contribution in [2.75, 3.05) is 39.2 Å². The van der Waals surface area contributed by atoms with E-state index in [0.29, 0.717) is 17.0 Å². The summed E-state index contributed by atoms with van der Waals surface area (Å²) in [6.45, 7) is 1.95. The second-order valence-electron chi connectivity index (χ2n) is 6.92. The highest BCUT2D eigenvalue weighted by Gasteiger charge is 2.30. The number of piperidine rings is 1. The lowest BCUT2D eigenvalue weighted by Crippen LogP contribution is -2.52. The van der Waals surface area contributed by atoms with Gasteiger partial charge in [-0.15, -0.1) is 0 Å². The van der Waals surface area contributed by atoms with Crippen LogP contribution in [-0.4, -0.2) is 72.9 Å². The van der Waals surface area contributed by atoms with Crippen molar-refractivity contribution in [3.05, 3.63) is 33.8 Å². The van der Waals surface area contributed by atoms with Crippen molar-refractivity contribution in [3.63, 3.8) is 0 Å². The lowest BCUT2D eigenvalue weighted by atomic mass is 10.0. The minimum atomic E-state index is -0.568. The van der Waals surface area contributed by atoms with Crippen molar-refractivity contribution >= 4 is 46.8 Å². The van der Waals surface area contributed by atoms with E-state index in [4.69, 9.17) is 23.2 Å². The maximum Gasteiger partial charge on any atom is 0.253 e. The van der Waals surface area contributed by atoms with E-state index in [1.165, 1.54) is 6.07 Å². The van der Waals surface area contributed by atoms with Gasteiger partial charge in [0.25, 0.3) is 5.91 Å². The van der Waals surface area contributed by atoms with Crippen LogP contribution in [0.5, 0.6) is 0 Å². The number of hydrogen-bond acceptors (Lipinski definition) is 4. The number of carbonyl (C=O) groups is 2. The van der Waals surface area contributed by atoms with E-state index in [-0.39, 0.29) is 22.9 Å². The predicted octanol–water partition coefficient (Wildman–Crippen LogP) is 3.40. The average Bonchev–Trinajstić information content (AvgIpc) is 2.64. The molecule has 0 saturated carbocycles. The number of nitrogens with zero attached hydrogens (tertiary/aromatic N) is 2. The molecular formula is C19H27Cl2N3O2S. The summed E-state index contributed by atoms with van der Waals surface area (Å²) in [5, 5.41) is 3.62. The summed E-state index contributed by atoms with van der Waals surface area (Å²) in [5.41, 5.74) is 0.324. The Labute approximate surface area is 175 Å². The van der Waals surface area contributed by atoms with Gasteiger partial charge in [0.1, 0.15) is 6.04 Å². The first kappa shape index (κ1) is 22.3. The summed E-state index contributed by atoms with van der Waals surface area (Å²) >= 11 is 13.7. The first-order valence-electron chi connectivity index (χ1n) is 9.03. The zero-order valence-electron chi connectivity index (χ0n) is 16.0. The highest BCUT2D eigenvalue weighted by molar-refractivity contribution is 7.98. The number of amides is 2. The average molecular weight is 432 g/mol. The largest absolute Gasteiger partial charge is 0.341 e. The number of halogens is 2. The van der Waals surface area contributed by atoms with E-state index < -0.39 is 6.04 Å². The normalized spacial score (nSPS) is 16.8. The summed E-state index contributed by atoms with van der Waals surface area (Å²) in [6, 6.07) is 4.37. The fourth-order valence-corrected chi connectivity index (χ4v) is 4.18. The maximum absolute atomic E-state index is 13.1. The molecule has 0 spiro atoms. The number of hydrogen-bond donors (Lipinski definition) is 1. The van der Waals surface area contributed by atoms with Crippen LogP contribution in [0.25, 0.3) is 0 Å². The van der Waals surface area contributed by atoms with Crippen LogP contribution in [-0.2, 0) is 4.79 Å². The molecule has 1 atom stereocenters. The molecule has 8 heteroatoms. The maximum atomic E-state index is 13.1. The minimum Gasteiger partial charge on any atom is -0.341 e. The third-order valence-electron chi connectivity index (χ3n) is 4.97. The number of carbonyl (C=O) groups excluding carboxylic acids is 2. The van der Waals surface area contributed by atoms with E-state index in [1.54, 1.807) is 23.9 Å². The van der Waals surface area contributed by atoms with Crippen molar-refractivity contribution in [1.29, 1.82) is 0 Å². The summed E-state index contributed by atoms with van der Waals surface area (Å²) in [6.07, 6.45) is 4.46. The molecule has 1 aliphatic rings. The number of thioether (sulfide) groups is 1. The smallest absolute Gasteiger partial charge is 0.253 e. The van der Waals surface area contributed by atoms with Gasteiger partial charge in [0.15, 0.2) is 0 Å². The third-order valence-corrected chi connectivity index (χ3v) is 6.17. The lowest BCUT2D eigenvalue weighted by molar-refractivity contribution is -0.134. The van der Waals surface area contributed by atoms with Gasteiger partial charge in [-0.2, -0.15) is 11.8 Å². The molecule has 5 nitrogen and oxygen atoms in total. The Bertz CT molecular complexity index is 666. The highest BCUT2D eigenvalue weighted by atomic mass is 35.5. The summed E-state index contributed by atoms with van der Waals surface area (Å²) in [4.78, 5) is 29.8. The third kappa shape index (κ3) is 6.28. The molecule has 150 valence electrons. The van der Waals surface area contributed by atoms with Crippen LogP contribution in [0, 0.1) is 0 Å². The van der Waals surface area contributed by atoms with Gasteiger partial charge in [0.2, 0.25) is 5.91 Å². The monoisotopic (exact) mass is 431 g/mol. The Kier molecular flexibility index (Phi) is 8.73. The Morgan fingerprint density at radius 2 is 2.00 bits per heavy atom. The molecule has 1 fully saturated rings. The van der Waals surface area contributed by atoms with E-state index in [1.807, 2.05) is 18.2 Å². The van der Waals surface area contributed by atoms with E-state index >= 15 is 0 Å². The quantitative estimate of drug-likeness (QED) is 0.718. The van der Waals surface area contributed by atoms with E-state index in [9.17, 15) is 9.59 Å².